The zero-order chi connectivity index (χ0) is 13.7. The molecule has 0 unspecified atom stereocenters. The number of nitrogens with one attached hydrogen (secondary N) is 1. The number of hydrogen-bond acceptors (Lipinski definition) is 6. The van der Waals surface area contributed by atoms with Crippen molar-refractivity contribution in [2.75, 3.05) is 0 Å². The normalized spacial score (nSPS) is 13.5. The number of phenols is 4. The molecule has 0 bridgehead atoms. The van der Waals surface area contributed by atoms with E-state index in [4.69, 9.17) is 4.74 Å². The minimum Gasteiger partial charge on any atom is -0.504 e. The van der Waals surface area contributed by atoms with Crippen LogP contribution in [-0.2, 0) is 0 Å². The molecule has 2 aromatic carbocycles. The van der Waals surface area contributed by atoms with E-state index in [2.05, 4.69) is 0 Å². The highest BCUT2D eigenvalue weighted by Crippen LogP contribution is 2.44. The lowest BCUT2D eigenvalue weighted by atomic mass is 10.1. The molecule has 1 heterocycles. The molecule has 98 valence electrons. The molecule has 0 aliphatic carbocycles. The lowest BCUT2D eigenvalue weighted by Crippen LogP contribution is -2.99. The van der Waals surface area contributed by atoms with Crippen LogP contribution < -0.4 is 9.80 Å². The lowest BCUT2D eigenvalue weighted by Gasteiger charge is -2.22. The molecule has 0 fully saturated rings. The van der Waals surface area contributed by atoms with Gasteiger partial charge in [-0.15, -0.1) is 5.06 Å². The van der Waals surface area contributed by atoms with Gasteiger partial charge in [0.1, 0.15) is 0 Å². The van der Waals surface area contributed by atoms with Gasteiger partial charge < -0.3 is 25.2 Å². The van der Waals surface area contributed by atoms with Crippen LogP contribution in [0.25, 0.3) is 0 Å². The highest BCUT2D eigenvalue weighted by molar-refractivity contribution is 5.66. The van der Waals surface area contributed by atoms with Crippen molar-refractivity contribution in [2.45, 2.75) is 0 Å². The summed E-state index contributed by atoms with van der Waals surface area (Å²) in [6, 6.07) is 4.58. The standard InChI is InChI=1S/C12H9NO6/c14-7-1-5-11(3-9(7)16)19-12-4-10(17)8(15)2-6(12)13(5)18/h1-4,14-18H/p+1. The van der Waals surface area contributed by atoms with E-state index in [1.54, 1.807) is 0 Å². The van der Waals surface area contributed by atoms with E-state index in [0.717, 1.165) is 24.3 Å². The maximum absolute atomic E-state index is 10.1. The second-order valence-electron chi connectivity index (χ2n) is 4.12. The quantitative estimate of drug-likeness (QED) is 0.310. The first-order valence-electron chi connectivity index (χ1n) is 5.34. The molecule has 0 amide bonds. The maximum atomic E-state index is 10.1. The van der Waals surface area contributed by atoms with Crippen molar-refractivity contribution in [3.8, 4) is 34.5 Å². The summed E-state index contributed by atoms with van der Waals surface area (Å²) in [5, 5.41) is 47.5. The van der Waals surface area contributed by atoms with E-state index in [0.29, 0.717) is 0 Å². The van der Waals surface area contributed by atoms with Crippen molar-refractivity contribution >= 4 is 11.4 Å². The maximum Gasteiger partial charge on any atom is 0.215 e. The van der Waals surface area contributed by atoms with Gasteiger partial charge in [-0.05, 0) is 0 Å². The van der Waals surface area contributed by atoms with Crippen molar-refractivity contribution in [3.05, 3.63) is 24.3 Å². The minimum absolute atomic E-state index is 0.130. The predicted molar refractivity (Wildman–Crippen MR) is 61.7 cm³/mol. The summed E-state index contributed by atoms with van der Waals surface area (Å²) in [4.78, 5) is 0. The summed E-state index contributed by atoms with van der Waals surface area (Å²) in [7, 11) is 0. The molecule has 0 aromatic heterocycles. The van der Waals surface area contributed by atoms with Crippen LogP contribution in [0, 0.1) is 0 Å². The number of fused-ring (bicyclic) bond motifs is 2. The van der Waals surface area contributed by atoms with E-state index in [1.165, 1.54) is 0 Å². The molecule has 1 aliphatic rings. The zero-order valence-electron chi connectivity index (χ0n) is 9.45. The number of benzene rings is 2. The van der Waals surface area contributed by atoms with Crippen molar-refractivity contribution < 1.29 is 35.4 Å². The highest BCUT2D eigenvalue weighted by atomic mass is 16.5. The Kier molecular flexibility index (Phi) is 2.21. The third-order valence-electron chi connectivity index (χ3n) is 2.88. The smallest absolute Gasteiger partial charge is 0.215 e. The van der Waals surface area contributed by atoms with Crippen molar-refractivity contribution in [1.29, 1.82) is 0 Å². The molecule has 7 heteroatoms. The third kappa shape index (κ3) is 1.60. The molecular formula is C12H10NO6+. The summed E-state index contributed by atoms with van der Waals surface area (Å²) < 4.78 is 5.40. The van der Waals surface area contributed by atoms with Crippen LogP contribution in [0.4, 0.5) is 11.4 Å². The molecule has 3 rings (SSSR count). The van der Waals surface area contributed by atoms with Gasteiger partial charge in [-0.1, -0.05) is 0 Å². The molecule has 0 radical (unpaired) electrons. The zero-order valence-corrected chi connectivity index (χ0v) is 9.45. The summed E-state index contributed by atoms with van der Waals surface area (Å²) in [5.41, 5.74) is 0.348. The van der Waals surface area contributed by atoms with Crippen molar-refractivity contribution in [2.24, 2.45) is 0 Å². The number of ether oxygens (including phenoxy) is 1. The Morgan fingerprint density at radius 3 is 1.47 bits per heavy atom. The predicted octanol–water partition coefficient (Wildman–Crippen LogP) is 0.852. The fourth-order valence-corrected chi connectivity index (χ4v) is 1.92. The molecule has 0 saturated carbocycles. The summed E-state index contributed by atoms with van der Waals surface area (Å²) in [6.07, 6.45) is 0. The Balaban J connectivity index is 2.20. The number of phenolic OH excluding ortho intramolecular Hbond substituents is 4. The van der Waals surface area contributed by atoms with Crippen LogP contribution in [0.3, 0.4) is 0 Å². The largest absolute Gasteiger partial charge is 0.504 e. The van der Waals surface area contributed by atoms with E-state index in [9.17, 15) is 25.6 Å². The fourth-order valence-electron chi connectivity index (χ4n) is 1.92. The van der Waals surface area contributed by atoms with Gasteiger partial charge >= 0.3 is 0 Å². The average Bonchev–Trinajstić information content (AvgIpc) is 2.35. The molecule has 19 heavy (non-hydrogen) atoms. The van der Waals surface area contributed by atoms with Crippen LogP contribution in [0.1, 0.15) is 0 Å². The Bertz CT molecular complexity index is 627. The van der Waals surface area contributed by atoms with Crippen LogP contribution in [0.15, 0.2) is 24.3 Å². The van der Waals surface area contributed by atoms with Crippen LogP contribution in [0.5, 0.6) is 34.5 Å². The van der Waals surface area contributed by atoms with Gasteiger partial charge in [0.05, 0.1) is 12.1 Å². The Morgan fingerprint density at radius 1 is 0.684 bits per heavy atom. The van der Waals surface area contributed by atoms with E-state index in [1.807, 2.05) is 0 Å². The summed E-state index contributed by atoms with van der Waals surface area (Å²) in [5.74, 6) is -1.33. The first-order chi connectivity index (χ1) is 8.97. The molecule has 7 nitrogen and oxygen atoms in total. The van der Waals surface area contributed by atoms with E-state index >= 15 is 0 Å². The molecule has 2 aromatic rings. The van der Waals surface area contributed by atoms with Crippen molar-refractivity contribution in [3.63, 3.8) is 0 Å². The first-order valence-corrected chi connectivity index (χ1v) is 5.34. The van der Waals surface area contributed by atoms with Gasteiger partial charge in [-0.25, -0.2) is 5.21 Å². The minimum atomic E-state index is -0.402. The number of hydrogen-bond donors (Lipinski definition) is 6. The van der Waals surface area contributed by atoms with Gasteiger partial charge in [0.25, 0.3) is 0 Å². The topological polar surface area (TPSA) is 115 Å². The van der Waals surface area contributed by atoms with E-state index in [-0.39, 0.29) is 27.9 Å². The first kappa shape index (κ1) is 11.5. The van der Waals surface area contributed by atoms with Gasteiger partial charge in [0.15, 0.2) is 34.5 Å². The van der Waals surface area contributed by atoms with Crippen LogP contribution in [-0.4, -0.2) is 25.6 Å². The number of aromatic hydroxyl groups is 4. The molecule has 0 saturated heterocycles. The second kappa shape index (κ2) is 3.67. The summed E-state index contributed by atoms with van der Waals surface area (Å²) >= 11 is 0. The molecule has 0 atom stereocenters. The molecule has 1 aliphatic heterocycles. The van der Waals surface area contributed by atoms with Gasteiger partial charge in [-0.2, -0.15) is 0 Å². The van der Waals surface area contributed by atoms with Gasteiger partial charge in [0.2, 0.25) is 11.4 Å². The average molecular weight is 264 g/mol. The summed E-state index contributed by atoms with van der Waals surface area (Å²) in [6.45, 7) is 0. The molecular weight excluding hydrogens is 254 g/mol. The van der Waals surface area contributed by atoms with E-state index < -0.39 is 23.0 Å². The number of rotatable bonds is 0. The fraction of sp³-hybridized carbons (Fsp3) is 0. The third-order valence-corrected chi connectivity index (χ3v) is 2.88. The van der Waals surface area contributed by atoms with Crippen LogP contribution >= 0.6 is 0 Å². The van der Waals surface area contributed by atoms with Crippen molar-refractivity contribution in [1.82, 2.24) is 0 Å². The van der Waals surface area contributed by atoms with Crippen LogP contribution in [0.2, 0.25) is 0 Å². The Morgan fingerprint density at radius 2 is 1.05 bits per heavy atom. The SMILES string of the molecule is Oc1cc2c(cc1O)[NH+](O)c1cc(O)c(O)cc1O2. The highest BCUT2D eigenvalue weighted by Gasteiger charge is 2.32. The second-order valence-corrected chi connectivity index (χ2v) is 4.12. The monoisotopic (exact) mass is 264 g/mol. The molecule has 0 spiro atoms. The van der Waals surface area contributed by atoms with Gasteiger partial charge in [0, 0.05) is 12.1 Å². The Labute approximate surface area is 106 Å². The van der Waals surface area contributed by atoms with Gasteiger partial charge in [-0.3, -0.25) is 0 Å². The molecule has 6 N–H and O–H groups in total. The Hall–Kier alpha value is -2.64. The number of quaternary nitrogens is 1. The lowest BCUT2D eigenvalue weighted by molar-refractivity contribution is -0.979.